The smallest absolute Gasteiger partial charge is 0.241 e. The summed E-state index contributed by atoms with van der Waals surface area (Å²) in [5.41, 5.74) is 4.50. The highest BCUT2D eigenvalue weighted by Gasteiger charge is 2.35. The number of nitrogens with zero attached hydrogens (tertiary/aromatic N) is 3. The van der Waals surface area contributed by atoms with Gasteiger partial charge in [-0.3, -0.25) is 4.79 Å². The van der Waals surface area contributed by atoms with Crippen LogP contribution in [0.1, 0.15) is 6.92 Å². The molecule has 0 spiro atoms. The third kappa shape index (κ3) is 7.35. The Labute approximate surface area is 169 Å². The fourth-order valence-corrected chi connectivity index (χ4v) is 3.19. The lowest BCUT2D eigenvalue weighted by atomic mass is 10.1. The fourth-order valence-electron chi connectivity index (χ4n) is 2.21. The van der Waals surface area contributed by atoms with E-state index in [0.717, 1.165) is 11.9 Å². The summed E-state index contributed by atoms with van der Waals surface area (Å²) in [6, 6.07) is 18.8. The SMILES string of the molecule is CC(COc1ccc(-n2cncn2)cc1)(NS(C)(=O)=O)C(N)=O.c1ccccc1. The first-order chi connectivity index (χ1) is 13.7. The molecule has 1 aromatic heterocycles. The molecule has 10 heteroatoms. The maximum Gasteiger partial charge on any atom is 0.241 e. The van der Waals surface area contributed by atoms with Gasteiger partial charge in [0.05, 0.1) is 11.9 Å². The van der Waals surface area contributed by atoms with E-state index in [2.05, 4.69) is 14.8 Å². The minimum Gasteiger partial charge on any atom is -0.491 e. The molecule has 3 rings (SSSR count). The Morgan fingerprint density at radius 3 is 2.10 bits per heavy atom. The van der Waals surface area contributed by atoms with Crippen LogP contribution in [-0.2, 0) is 14.8 Å². The molecular formula is C19H23N5O4S. The molecular weight excluding hydrogens is 394 g/mol. The van der Waals surface area contributed by atoms with Crippen LogP contribution in [0.5, 0.6) is 5.75 Å². The van der Waals surface area contributed by atoms with Crippen LogP contribution in [0.25, 0.3) is 5.69 Å². The maximum atomic E-state index is 11.5. The van der Waals surface area contributed by atoms with Crippen molar-refractivity contribution in [2.45, 2.75) is 12.5 Å². The van der Waals surface area contributed by atoms with Crippen molar-refractivity contribution in [1.82, 2.24) is 19.5 Å². The van der Waals surface area contributed by atoms with Gasteiger partial charge in [-0.25, -0.2) is 18.1 Å². The molecule has 9 nitrogen and oxygen atoms in total. The number of rotatable bonds is 7. The first kappa shape index (κ1) is 22.1. The predicted molar refractivity (Wildman–Crippen MR) is 109 cm³/mol. The van der Waals surface area contributed by atoms with E-state index in [1.165, 1.54) is 13.3 Å². The highest BCUT2D eigenvalue weighted by Crippen LogP contribution is 2.16. The predicted octanol–water partition coefficient (Wildman–Crippen LogP) is 1.13. The maximum absolute atomic E-state index is 11.5. The Morgan fingerprint density at radius 1 is 1.14 bits per heavy atom. The van der Waals surface area contributed by atoms with Gasteiger partial charge in [0.1, 0.15) is 30.5 Å². The topological polar surface area (TPSA) is 129 Å². The number of hydrogen-bond acceptors (Lipinski definition) is 6. The molecule has 1 amide bonds. The third-order valence-electron chi connectivity index (χ3n) is 3.67. The quantitative estimate of drug-likeness (QED) is 0.593. The van der Waals surface area contributed by atoms with Crippen LogP contribution >= 0.6 is 0 Å². The van der Waals surface area contributed by atoms with Gasteiger partial charge >= 0.3 is 0 Å². The van der Waals surface area contributed by atoms with Gasteiger partial charge in [-0.1, -0.05) is 36.4 Å². The molecule has 29 heavy (non-hydrogen) atoms. The Bertz CT molecular complexity index is 966. The van der Waals surface area contributed by atoms with E-state index >= 15 is 0 Å². The minimum absolute atomic E-state index is 0.238. The van der Waals surface area contributed by atoms with Crippen LogP contribution in [0, 0.1) is 0 Å². The monoisotopic (exact) mass is 417 g/mol. The molecule has 0 aliphatic rings. The Hall–Kier alpha value is -3.24. The molecule has 1 heterocycles. The molecule has 0 bridgehead atoms. The second-order valence-corrected chi connectivity index (χ2v) is 8.10. The Morgan fingerprint density at radius 2 is 1.69 bits per heavy atom. The number of primary amides is 1. The largest absolute Gasteiger partial charge is 0.491 e. The van der Waals surface area contributed by atoms with Gasteiger partial charge in [0.2, 0.25) is 15.9 Å². The highest BCUT2D eigenvalue weighted by atomic mass is 32.2. The van der Waals surface area contributed by atoms with Crippen LogP contribution in [0.2, 0.25) is 0 Å². The second-order valence-electron chi connectivity index (χ2n) is 6.35. The normalized spacial score (nSPS) is 12.9. The zero-order valence-corrected chi connectivity index (χ0v) is 16.9. The third-order valence-corrected chi connectivity index (χ3v) is 4.49. The van der Waals surface area contributed by atoms with E-state index in [0.29, 0.717) is 5.75 Å². The molecule has 0 aliphatic carbocycles. The van der Waals surface area contributed by atoms with E-state index in [1.54, 1.807) is 35.3 Å². The summed E-state index contributed by atoms with van der Waals surface area (Å²) in [5.74, 6) is -0.376. The molecule has 0 aliphatic heterocycles. The summed E-state index contributed by atoms with van der Waals surface area (Å²) in [4.78, 5) is 15.4. The van der Waals surface area contributed by atoms with Crippen molar-refractivity contribution >= 4 is 15.9 Å². The van der Waals surface area contributed by atoms with E-state index in [4.69, 9.17) is 10.5 Å². The molecule has 0 radical (unpaired) electrons. The summed E-state index contributed by atoms with van der Waals surface area (Å²) in [7, 11) is -3.62. The van der Waals surface area contributed by atoms with Crippen LogP contribution in [-0.4, -0.2) is 47.5 Å². The van der Waals surface area contributed by atoms with Gasteiger partial charge in [-0.05, 0) is 31.2 Å². The van der Waals surface area contributed by atoms with Crippen molar-refractivity contribution in [3.05, 3.63) is 73.3 Å². The van der Waals surface area contributed by atoms with Gasteiger partial charge < -0.3 is 10.5 Å². The number of hydrogen-bond donors (Lipinski definition) is 2. The second kappa shape index (κ2) is 9.80. The first-order valence-corrected chi connectivity index (χ1v) is 10.5. The van der Waals surface area contributed by atoms with Crippen molar-refractivity contribution in [1.29, 1.82) is 0 Å². The number of aromatic nitrogens is 3. The standard InChI is InChI=1S/C13H17N5O4S.C6H6/c1-13(12(14)19,17-23(2,20)21)7-22-11-5-3-10(4-6-11)18-9-15-8-16-18;1-2-4-6-5-3-1/h3-6,8-9,17H,7H2,1-2H3,(H2,14,19);1-6H. The van der Waals surface area contributed by atoms with Crippen LogP contribution in [0.15, 0.2) is 73.3 Å². The van der Waals surface area contributed by atoms with Crippen molar-refractivity contribution in [3.63, 3.8) is 0 Å². The zero-order chi connectivity index (χ0) is 21.3. The number of carbonyl (C=O) groups is 1. The van der Waals surface area contributed by atoms with E-state index < -0.39 is 21.5 Å². The number of sulfonamides is 1. The fraction of sp³-hybridized carbons (Fsp3) is 0.211. The average molecular weight is 417 g/mol. The highest BCUT2D eigenvalue weighted by molar-refractivity contribution is 7.88. The zero-order valence-electron chi connectivity index (χ0n) is 16.1. The first-order valence-electron chi connectivity index (χ1n) is 8.56. The lowest BCUT2D eigenvalue weighted by molar-refractivity contribution is -0.124. The van der Waals surface area contributed by atoms with Gasteiger partial charge in [0.15, 0.2) is 0 Å². The van der Waals surface area contributed by atoms with Gasteiger partial charge in [0, 0.05) is 0 Å². The number of nitrogens with two attached hydrogens (primary N) is 1. The van der Waals surface area contributed by atoms with E-state index in [-0.39, 0.29) is 6.61 Å². The van der Waals surface area contributed by atoms with Crippen LogP contribution < -0.4 is 15.2 Å². The molecule has 2 aromatic carbocycles. The number of amides is 1. The van der Waals surface area contributed by atoms with Crippen molar-refractivity contribution in [3.8, 4) is 11.4 Å². The molecule has 3 N–H and O–H groups in total. The summed E-state index contributed by atoms with van der Waals surface area (Å²) < 4.78 is 31.9. The molecule has 154 valence electrons. The minimum atomic E-state index is -3.62. The van der Waals surface area contributed by atoms with Crippen molar-refractivity contribution in [2.75, 3.05) is 12.9 Å². The van der Waals surface area contributed by atoms with Crippen molar-refractivity contribution in [2.24, 2.45) is 5.73 Å². The number of ether oxygens (including phenoxy) is 1. The van der Waals surface area contributed by atoms with E-state index in [9.17, 15) is 13.2 Å². The summed E-state index contributed by atoms with van der Waals surface area (Å²) >= 11 is 0. The van der Waals surface area contributed by atoms with Gasteiger partial charge in [-0.15, -0.1) is 0 Å². The Balaban J connectivity index is 0.000000426. The van der Waals surface area contributed by atoms with Crippen LogP contribution in [0.4, 0.5) is 0 Å². The summed E-state index contributed by atoms with van der Waals surface area (Å²) in [6.45, 7) is 1.12. The number of benzene rings is 2. The lowest BCUT2D eigenvalue weighted by Crippen LogP contribution is -2.58. The summed E-state index contributed by atoms with van der Waals surface area (Å²) in [6.07, 6.45) is 3.91. The van der Waals surface area contributed by atoms with Gasteiger partial charge in [-0.2, -0.15) is 9.82 Å². The van der Waals surface area contributed by atoms with E-state index in [1.807, 2.05) is 36.4 Å². The van der Waals surface area contributed by atoms with Crippen molar-refractivity contribution < 1.29 is 17.9 Å². The Kier molecular flexibility index (Phi) is 7.46. The molecule has 0 saturated carbocycles. The van der Waals surface area contributed by atoms with Crippen LogP contribution in [0.3, 0.4) is 0 Å². The molecule has 0 saturated heterocycles. The molecule has 1 atom stereocenters. The number of carbonyl (C=O) groups excluding carboxylic acids is 1. The lowest BCUT2D eigenvalue weighted by Gasteiger charge is -2.26. The number of nitrogens with one attached hydrogen (secondary N) is 1. The van der Waals surface area contributed by atoms with Gasteiger partial charge in [0.25, 0.3) is 0 Å². The summed E-state index contributed by atoms with van der Waals surface area (Å²) in [5, 5.41) is 3.99. The molecule has 0 fully saturated rings. The molecule has 1 unspecified atom stereocenters. The average Bonchev–Trinajstić information content (AvgIpc) is 3.22. The molecule has 3 aromatic rings.